The van der Waals surface area contributed by atoms with Crippen molar-refractivity contribution in [2.24, 2.45) is 5.92 Å². The zero-order valence-electron chi connectivity index (χ0n) is 16.8. The number of nitrogens with one attached hydrogen (secondary N) is 1. The van der Waals surface area contributed by atoms with Gasteiger partial charge in [-0.25, -0.2) is 4.39 Å². The number of halogens is 2. The molecule has 0 unspecified atom stereocenters. The second kappa shape index (κ2) is 10.8. The molecule has 29 heavy (non-hydrogen) atoms. The van der Waals surface area contributed by atoms with Crippen LogP contribution in [0.5, 0.6) is 5.75 Å². The molecular formula is C22H26ClFN2O3. The molecule has 0 aliphatic rings. The van der Waals surface area contributed by atoms with Gasteiger partial charge in [-0.3, -0.25) is 9.59 Å². The SMILES string of the molecule is CC(C)CNC(=O)[C@@H](C)N(Cc1ccc(Cl)cc1)C(=O)COc1ccccc1F. The molecular weight excluding hydrogens is 395 g/mol. The molecule has 156 valence electrons. The molecule has 0 aliphatic heterocycles. The van der Waals surface area contributed by atoms with Crippen molar-refractivity contribution in [1.29, 1.82) is 0 Å². The monoisotopic (exact) mass is 420 g/mol. The van der Waals surface area contributed by atoms with Crippen molar-refractivity contribution >= 4 is 23.4 Å². The van der Waals surface area contributed by atoms with Crippen LogP contribution in [0.3, 0.4) is 0 Å². The molecule has 0 saturated carbocycles. The Hall–Kier alpha value is -2.60. The number of nitrogens with zero attached hydrogens (tertiary/aromatic N) is 1. The molecule has 1 atom stereocenters. The van der Waals surface area contributed by atoms with Gasteiger partial charge in [0.05, 0.1) is 0 Å². The van der Waals surface area contributed by atoms with Gasteiger partial charge in [0.1, 0.15) is 6.04 Å². The van der Waals surface area contributed by atoms with Gasteiger partial charge in [0, 0.05) is 18.1 Å². The average molecular weight is 421 g/mol. The van der Waals surface area contributed by atoms with Crippen LogP contribution in [0.2, 0.25) is 5.02 Å². The van der Waals surface area contributed by atoms with Crippen LogP contribution in [-0.2, 0) is 16.1 Å². The largest absolute Gasteiger partial charge is 0.481 e. The van der Waals surface area contributed by atoms with Gasteiger partial charge in [-0.2, -0.15) is 0 Å². The molecule has 0 fully saturated rings. The standard InChI is InChI=1S/C22H26ClFN2O3/c1-15(2)12-25-22(28)16(3)26(13-17-8-10-18(23)11-9-17)21(27)14-29-20-7-5-4-6-19(20)24/h4-11,15-16H,12-14H2,1-3H3,(H,25,28)/t16-/m1/s1. The normalized spacial score (nSPS) is 11.8. The Bertz CT molecular complexity index is 827. The summed E-state index contributed by atoms with van der Waals surface area (Å²) in [6.07, 6.45) is 0. The van der Waals surface area contributed by atoms with E-state index in [0.29, 0.717) is 11.6 Å². The van der Waals surface area contributed by atoms with E-state index < -0.39 is 17.8 Å². The van der Waals surface area contributed by atoms with Crippen molar-refractivity contribution < 1.29 is 18.7 Å². The van der Waals surface area contributed by atoms with Gasteiger partial charge in [0.15, 0.2) is 18.2 Å². The number of carbonyl (C=O) groups is 2. The summed E-state index contributed by atoms with van der Waals surface area (Å²) >= 11 is 5.93. The molecule has 2 aromatic carbocycles. The number of para-hydroxylation sites is 1. The molecule has 7 heteroatoms. The average Bonchev–Trinajstić information content (AvgIpc) is 2.70. The van der Waals surface area contributed by atoms with E-state index >= 15 is 0 Å². The van der Waals surface area contributed by atoms with E-state index in [9.17, 15) is 14.0 Å². The van der Waals surface area contributed by atoms with Gasteiger partial charge in [-0.1, -0.05) is 49.7 Å². The van der Waals surface area contributed by atoms with Crippen LogP contribution >= 0.6 is 11.6 Å². The summed E-state index contributed by atoms with van der Waals surface area (Å²) in [4.78, 5) is 26.8. The summed E-state index contributed by atoms with van der Waals surface area (Å²) in [5, 5.41) is 3.42. The highest BCUT2D eigenvalue weighted by Gasteiger charge is 2.26. The fraction of sp³-hybridized carbons (Fsp3) is 0.364. The van der Waals surface area contributed by atoms with E-state index in [1.54, 1.807) is 37.3 Å². The lowest BCUT2D eigenvalue weighted by Crippen LogP contribution is -2.49. The van der Waals surface area contributed by atoms with Gasteiger partial charge in [-0.15, -0.1) is 0 Å². The lowest BCUT2D eigenvalue weighted by molar-refractivity contribution is -0.142. The molecule has 0 radical (unpaired) electrons. The highest BCUT2D eigenvalue weighted by molar-refractivity contribution is 6.30. The van der Waals surface area contributed by atoms with Crippen molar-refractivity contribution in [3.05, 3.63) is 64.9 Å². The molecule has 5 nitrogen and oxygen atoms in total. The van der Waals surface area contributed by atoms with E-state index in [4.69, 9.17) is 16.3 Å². The molecule has 2 amide bonds. The quantitative estimate of drug-likeness (QED) is 0.665. The molecule has 0 aliphatic carbocycles. The fourth-order valence-corrected chi connectivity index (χ4v) is 2.73. The number of hydrogen-bond acceptors (Lipinski definition) is 3. The first-order valence-electron chi connectivity index (χ1n) is 9.47. The third-order valence-corrected chi connectivity index (χ3v) is 4.56. The second-order valence-electron chi connectivity index (χ2n) is 7.18. The summed E-state index contributed by atoms with van der Waals surface area (Å²) in [5.74, 6) is -0.949. The number of benzene rings is 2. The molecule has 0 spiro atoms. The van der Waals surface area contributed by atoms with Crippen LogP contribution in [0.1, 0.15) is 26.3 Å². The van der Waals surface area contributed by atoms with Crippen molar-refractivity contribution in [3.63, 3.8) is 0 Å². The maximum atomic E-state index is 13.8. The van der Waals surface area contributed by atoms with Crippen LogP contribution in [0.4, 0.5) is 4.39 Å². The third-order valence-electron chi connectivity index (χ3n) is 4.31. The van der Waals surface area contributed by atoms with Crippen LogP contribution in [0.25, 0.3) is 0 Å². The topological polar surface area (TPSA) is 58.6 Å². The van der Waals surface area contributed by atoms with E-state index in [2.05, 4.69) is 5.32 Å². The Labute approximate surface area is 175 Å². The molecule has 0 bridgehead atoms. The van der Waals surface area contributed by atoms with E-state index in [1.807, 2.05) is 13.8 Å². The van der Waals surface area contributed by atoms with Gasteiger partial charge in [-0.05, 0) is 42.7 Å². The van der Waals surface area contributed by atoms with Gasteiger partial charge in [0.25, 0.3) is 5.91 Å². The maximum Gasteiger partial charge on any atom is 0.261 e. The third kappa shape index (κ3) is 7.06. The molecule has 2 aromatic rings. The van der Waals surface area contributed by atoms with Gasteiger partial charge < -0.3 is 15.0 Å². The first-order chi connectivity index (χ1) is 13.8. The highest BCUT2D eigenvalue weighted by atomic mass is 35.5. The van der Waals surface area contributed by atoms with Crippen molar-refractivity contribution in [2.45, 2.75) is 33.4 Å². The predicted molar refractivity (Wildman–Crippen MR) is 111 cm³/mol. The van der Waals surface area contributed by atoms with E-state index in [0.717, 1.165) is 5.56 Å². The first kappa shape index (κ1) is 22.7. The van der Waals surface area contributed by atoms with Crippen LogP contribution < -0.4 is 10.1 Å². The Kier molecular flexibility index (Phi) is 8.46. The summed E-state index contributed by atoms with van der Waals surface area (Å²) in [6.45, 7) is 5.97. The van der Waals surface area contributed by atoms with E-state index in [-0.39, 0.29) is 30.7 Å². The Morgan fingerprint density at radius 3 is 2.38 bits per heavy atom. The minimum absolute atomic E-state index is 0.01000. The summed E-state index contributed by atoms with van der Waals surface area (Å²) < 4.78 is 19.1. The Morgan fingerprint density at radius 2 is 1.76 bits per heavy atom. The predicted octanol–water partition coefficient (Wildman–Crippen LogP) is 4.05. The van der Waals surface area contributed by atoms with Crippen molar-refractivity contribution in [3.8, 4) is 5.75 Å². The summed E-state index contributed by atoms with van der Waals surface area (Å²) in [5.41, 5.74) is 0.817. The number of hydrogen-bond donors (Lipinski definition) is 1. The summed E-state index contributed by atoms with van der Waals surface area (Å²) in [7, 11) is 0. The minimum Gasteiger partial charge on any atom is -0.481 e. The van der Waals surface area contributed by atoms with Crippen LogP contribution in [0.15, 0.2) is 48.5 Å². The molecule has 1 N–H and O–H groups in total. The van der Waals surface area contributed by atoms with Gasteiger partial charge in [0.2, 0.25) is 5.91 Å². The van der Waals surface area contributed by atoms with Crippen molar-refractivity contribution in [2.75, 3.05) is 13.2 Å². The molecule has 0 heterocycles. The number of rotatable bonds is 9. The molecule has 0 saturated heterocycles. The zero-order chi connectivity index (χ0) is 21.4. The Morgan fingerprint density at radius 1 is 1.10 bits per heavy atom. The lowest BCUT2D eigenvalue weighted by Gasteiger charge is -2.29. The number of ether oxygens (including phenoxy) is 1. The first-order valence-corrected chi connectivity index (χ1v) is 9.84. The smallest absolute Gasteiger partial charge is 0.261 e. The Balaban J connectivity index is 2.13. The zero-order valence-corrected chi connectivity index (χ0v) is 17.6. The maximum absolute atomic E-state index is 13.8. The molecule has 0 aromatic heterocycles. The molecule has 2 rings (SSSR count). The highest BCUT2D eigenvalue weighted by Crippen LogP contribution is 2.17. The number of amides is 2. The van der Waals surface area contributed by atoms with Crippen LogP contribution in [0, 0.1) is 11.7 Å². The van der Waals surface area contributed by atoms with Crippen LogP contribution in [-0.4, -0.2) is 35.9 Å². The van der Waals surface area contributed by atoms with Crippen molar-refractivity contribution in [1.82, 2.24) is 10.2 Å². The fourth-order valence-electron chi connectivity index (χ4n) is 2.61. The number of carbonyl (C=O) groups excluding carboxylic acids is 2. The lowest BCUT2D eigenvalue weighted by atomic mass is 10.1. The second-order valence-corrected chi connectivity index (χ2v) is 7.62. The van der Waals surface area contributed by atoms with Gasteiger partial charge >= 0.3 is 0 Å². The minimum atomic E-state index is -0.721. The van der Waals surface area contributed by atoms with E-state index in [1.165, 1.54) is 23.1 Å². The summed E-state index contributed by atoms with van der Waals surface area (Å²) in [6, 6.07) is 12.2.